The minimum Gasteiger partial charge on any atom is -0.443 e. The van der Waals surface area contributed by atoms with Crippen LogP contribution in [0.4, 0.5) is 10.6 Å². The molecule has 0 atom stereocenters. The summed E-state index contributed by atoms with van der Waals surface area (Å²) in [5, 5.41) is 11.4. The second-order valence-corrected chi connectivity index (χ2v) is 8.84. The fraction of sp³-hybridized carbons (Fsp3) is 0.500. The molecule has 2 heterocycles. The van der Waals surface area contributed by atoms with E-state index in [1.807, 2.05) is 26.8 Å². The third-order valence-electron chi connectivity index (χ3n) is 3.97. The average Bonchev–Trinajstić information content (AvgIpc) is 3.22. The van der Waals surface area contributed by atoms with Crippen molar-refractivity contribution in [3.05, 3.63) is 34.4 Å². The molecule has 0 bridgehead atoms. The first-order chi connectivity index (χ1) is 15.2. The van der Waals surface area contributed by atoms with Crippen LogP contribution in [0, 0.1) is 0 Å². The highest BCUT2D eigenvalue weighted by atomic mass is 32.1. The Bertz CT molecular complexity index is 899. The second-order valence-electron chi connectivity index (χ2n) is 7.77. The number of carbonyl (C=O) groups is 3. The lowest BCUT2D eigenvalue weighted by Crippen LogP contribution is -2.38. The van der Waals surface area contributed by atoms with Crippen LogP contribution in [0.15, 0.2) is 24.4 Å². The number of rotatable bonds is 10. The van der Waals surface area contributed by atoms with Crippen LogP contribution in [-0.4, -0.2) is 51.8 Å². The summed E-state index contributed by atoms with van der Waals surface area (Å²) in [5.41, 5.74) is -0.613. The van der Waals surface area contributed by atoms with E-state index in [2.05, 4.69) is 25.3 Å². The van der Waals surface area contributed by atoms with Gasteiger partial charge in [-0.2, -0.15) is 5.90 Å². The molecule has 0 aromatic carbocycles. The van der Waals surface area contributed by atoms with E-state index in [0.29, 0.717) is 30.2 Å². The number of hydrogen-bond acceptors (Lipinski definition) is 10. The molecular weight excluding hydrogens is 436 g/mol. The van der Waals surface area contributed by atoms with Gasteiger partial charge in [0.1, 0.15) is 16.4 Å². The normalized spacial score (nSPS) is 11.0. The summed E-state index contributed by atoms with van der Waals surface area (Å²) < 4.78 is 5.50. The van der Waals surface area contributed by atoms with Gasteiger partial charge < -0.3 is 14.9 Å². The van der Waals surface area contributed by atoms with Gasteiger partial charge in [-0.1, -0.05) is 17.4 Å². The molecule has 2 amide bonds. The number of nitrogens with one attached hydrogen (secondary N) is 1. The van der Waals surface area contributed by atoms with Crippen LogP contribution in [0.1, 0.15) is 54.8 Å². The molecule has 0 unspecified atom stereocenters. The molecule has 0 spiro atoms. The Morgan fingerprint density at radius 2 is 1.97 bits per heavy atom. The largest absolute Gasteiger partial charge is 0.443 e. The Labute approximate surface area is 190 Å². The zero-order chi connectivity index (χ0) is 23.6. The van der Waals surface area contributed by atoms with Gasteiger partial charge in [0.25, 0.3) is 5.91 Å². The molecule has 0 fully saturated rings. The topological polar surface area (TPSA) is 150 Å². The number of nitrogens with two attached hydrogens (primary N) is 1. The number of aromatic nitrogens is 3. The standard InChI is InChI=1S/C20H28N6O5S/c1-20(2,3)30-19(29)26(14-8-4-6-11-22-14)13-7-5-9-15-24-25-18(32-15)17(28)23-12-10-16(27)31-21/h4,6,8,11H,5,7,9-10,12-13,21H2,1-3H3,(H,23,28). The van der Waals surface area contributed by atoms with Crippen molar-refractivity contribution >= 4 is 35.1 Å². The fourth-order valence-corrected chi connectivity index (χ4v) is 3.33. The summed E-state index contributed by atoms with van der Waals surface area (Å²) in [4.78, 5) is 45.4. The molecule has 11 nitrogen and oxygen atoms in total. The number of unbranched alkanes of at least 4 members (excludes halogenated alkanes) is 1. The number of ether oxygens (including phenoxy) is 1. The predicted octanol–water partition coefficient (Wildman–Crippen LogP) is 2.23. The van der Waals surface area contributed by atoms with Crippen molar-refractivity contribution < 1.29 is 24.0 Å². The van der Waals surface area contributed by atoms with E-state index in [1.165, 1.54) is 16.2 Å². The molecule has 3 N–H and O–H groups in total. The third kappa shape index (κ3) is 8.55. The van der Waals surface area contributed by atoms with E-state index in [9.17, 15) is 14.4 Å². The van der Waals surface area contributed by atoms with Gasteiger partial charge in [0.15, 0.2) is 0 Å². The lowest BCUT2D eigenvalue weighted by atomic mass is 10.2. The molecule has 12 heteroatoms. The monoisotopic (exact) mass is 464 g/mol. The Hall–Kier alpha value is -3.12. The number of aryl methyl sites for hydroxylation is 1. The highest BCUT2D eigenvalue weighted by Gasteiger charge is 2.24. The van der Waals surface area contributed by atoms with Gasteiger partial charge >= 0.3 is 12.1 Å². The minimum absolute atomic E-state index is 0.0294. The number of anilines is 1. The smallest absolute Gasteiger partial charge is 0.416 e. The summed E-state index contributed by atoms with van der Waals surface area (Å²) in [6, 6.07) is 5.35. The lowest BCUT2D eigenvalue weighted by Gasteiger charge is -2.26. The van der Waals surface area contributed by atoms with Gasteiger partial charge in [-0.15, -0.1) is 10.2 Å². The maximum Gasteiger partial charge on any atom is 0.416 e. The molecule has 174 valence electrons. The van der Waals surface area contributed by atoms with E-state index in [0.717, 1.165) is 6.42 Å². The third-order valence-corrected chi connectivity index (χ3v) is 4.95. The van der Waals surface area contributed by atoms with Crippen molar-refractivity contribution in [2.24, 2.45) is 5.90 Å². The SMILES string of the molecule is CC(C)(C)OC(=O)N(CCCCc1nnc(C(=O)NCCC(=O)ON)s1)c1ccccn1. The predicted molar refractivity (Wildman–Crippen MR) is 118 cm³/mol. The van der Waals surface area contributed by atoms with Gasteiger partial charge in [0, 0.05) is 25.7 Å². The van der Waals surface area contributed by atoms with Crippen LogP contribution in [0.25, 0.3) is 0 Å². The van der Waals surface area contributed by atoms with E-state index in [1.54, 1.807) is 18.3 Å². The van der Waals surface area contributed by atoms with Gasteiger partial charge in [0.2, 0.25) is 5.01 Å². The van der Waals surface area contributed by atoms with Crippen LogP contribution in [0.3, 0.4) is 0 Å². The number of nitrogens with zero attached hydrogens (tertiary/aromatic N) is 4. The summed E-state index contributed by atoms with van der Waals surface area (Å²) in [6.07, 6.45) is 3.15. The van der Waals surface area contributed by atoms with E-state index >= 15 is 0 Å². The van der Waals surface area contributed by atoms with Gasteiger partial charge in [-0.25, -0.2) is 9.78 Å². The van der Waals surface area contributed by atoms with Crippen molar-refractivity contribution in [1.82, 2.24) is 20.5 Å². The number of amides is 2. The zero-order valence-electron chi connectivity index (χ0n) is 18.4. The molecule has 2 aromatic heterocycles. The molecule has 0 saturated heterocycles. The molecule has 0 radical (unpaired) electrons. The first-order valence-corrected chi connectivity index (χ1v) is 10.9. The lowest BCUT2D eigenvalue weighted by molar-refractivity contribution is -0.144. The van der Waals surface area contributed by atoms with Crippen molar-refractivity contribution in [1.29, 1.82) is 0 Å². The number of pyridine rings is 1. The van der Waals surface area contributed by atoms with Crippen LogP contribution in [-0.2, 0) is 20.8 Å². The highest BCUT2D eigenvalue weighted by molar-refractivity contribution is 7.13. The van der Waals surface area contributed by atoms with E-state index < -0.39 is 23.6 Å². The zero-order valence-corrected chi connectivity index (χ0v) is 19.2. The van der Waals surface area contributed by atoms with Gasteiger partial charge in [-0.3, -0.25) is 14.5 Å². The number of hydrogen-bond donors (Lipinski definition) is 2. The van der Waals surface area contributed by atoms with E-state index in [4.69, 9.17) is 10.6 Å². The summed E-state index contributed by atoms with van der Waals surface area (Å²) >= 11 is 1.18. The minimum atomic E-state index is -0.616. The number of carbonyl (C=O) groups excluding carboxylic acids is 3. The Balaban J connectivity index is 1.84. The molecule has 32 heavy (non-hydrogen) atoms. The first-order valence-electron chi connectivity index (χ1n) is 10.1. The van der Waals surface area contributed by atoms with Crippen LogP contribution < -0.4 is 16.1 Å². The van der Waals surface area contributed by atoms with Crippen molar-refractivity contribution in [3.63, 3.8) is 0 Å². The van der Waals surface area contributed by atoms with Gasteiger partial charge in [0.05, 0.1) is 6.42 Å². The molecule has 0 saturated carbocycles. The molecule has 0 aliphatic carbocycles. The van der Waals surface area contributed by atoms with Crippen LogP contribution in [0.5, 0.6) is 0 Å². The van der Waals surface area contributed by atoms with Crippen molar-refractivity contribution in [3.8, 4) is 0 Å². The fourth-order valence-electron chi connectivity index (χ4n) is 2.53. The molecule has 2 aromatic rings. The van der Waals surface area contributed by atoms with Crippen molar-refractivity contribution in [2.75, 3.05) is 18.0 Å². The maximum absolute atomic E-state index is 12.6. The van der Waals surface area contributed by atoms with Crippen LogP contribution in [0.2, 0.25) is 0 Å². The Morgan fingerprint density at radius 3 is 2.62 bits per heavy atom. The summed E-state index contributed by atoms with van der Waals surface area (Å²) in [6.45, 7) is 5.96. The summed E-state index contributed by atoms with van der Waals surface area (Å²) in [7, 11) is 0. The molecule has 2 rings (SSSR count). The molecule has 0 aliphatic rings. The Kier molecular flexibility index (Phi) is 9.47. The van der Waals surface area contributed by atoms with E-state index in [-0.39, 0.29) is 18.0 Å². The molecular formula is C20H28N6O5S. The molecule has 0 aliphatic heterocycles. The van der Waals surface area contributed by atoms with Crippen molar-refractivity contribution in [2.45, 2.75) is 52.1 Å². The second kappa shape index (κ2) is 12.1. The first kappa shape index (κ1) is 25.1. The Morgan fingerprint density at radius 1 is 1.19 bits per heavy atom. The maximum atomic E-state index is 12.6. The highest BCUT2D eigenvalue weighted by Crippen LogP contribution is 2.18. The summed E-state index contributed by atoms with van der Waals surface area (Å²) in [5.74, 6) is 4.24. The van der Waals surface area contributed by atoms with Crippen LogP contribution >= 0.6 is 11.3 Å². The average molecular weight is 465 g/mol. The quantitative estimate of drug-likeness (QED) is 0.398. The van der Waals surface area contributed by atoms with Gasteiger partial charge in [-0.05, 0) is 45.7 Å².